The number of anilines is 1. The first-order valence-corrected chi connectivity index (χ1v) is 8.24. The fraction of sp³-hybridized carbons (Fsp3) is 0.278. The lowest BCUT2D eigenvalue weighted by molar-refractivity contribution is -0.120. The molecule has 3 rings (SSSR count). The molecule has 6 nitrogen and oxygen atoms in total. The molecule has 1 atom stereocenters. The molecule has 0 saturated carbocycles. The summed E-state index contributed by atoms with van der Waals surface area (Å²) in [6.07, 6.45) is 8.80. The predicted molar refractivity (Wildman–Crippen MR) is 95.3 cm³/mol. The third-order valence-corrected chi connectivity index (χ3v) is 4.43. The smallest absolute Gasteiger partial charge is 0.242 e. The number of hydrogen-bond donors (Lipinski definition) is 1. The number of likely N-dealkylation sites (tertiary alicyclic amines) is 1. The second kappa shape index (κ2) is 7.40. The van der Waals surface area contributed by atoms with Gasteiger partial charge in [-0.1, -0.05) is 17.5 Å². The number of carbonyl (C=O) groups excluding carboxylic acids is 1. The minimum atomic E-state index is -0.222. The van der Waals surface area contributed by atoms with Crippen LogP contribution in [-0.2, 0) is 4.79 Å². The predicted octanol–water partition coefficient (Wildman–Crippen LogP) is 2.43. The molecule has 0 aliphatic carbocycles. The number of carbonyl (C=O) groups is 1. The zero-order chi connectivity index (χ0) is 17.8. The Hall–Kier alpha value is -2.80. The number of amides is 1. The Morgan fingerprint density at radius 2 is 2.32 bits per heavy atom. The van der Waals surface area contributed by atoms with E-state index in [9.17, 15) is 4.79 Å². The van der Waals surface area contributed by atoms with Gasteiger partial charge >= 0.3 is 0 Å². The molecule has 1 aliphatic heterocycles. The highest BCUT2D eigenvalue weighted by Crippen LogP contribution is 2.23. The maximum atomic E-state index is 12.5. The average molecular weight is 354 g/mol. The minimum Gasteiger partial charge on any atom is -0.308 e. The van der Waals surface area contributed by atoms with E-state index in [1.54, 1.807) is 35.1 Å². The van der Waals surface area contributed by atoms with Crippen molar-refractivity contribution in [2.24, 2.45) is 0 Å². The minimum absolute atomic E-state index is 0.107. The molecule has 1 fully saturated rings. The van der Waals surface area contributed by atoms with Gasteiger partial charge in [-0.15, -0.1) is 6.42 Å². The van der Waals surface area contributed by atoms with Crippen LogP contribution in [0.25, 0.3) is 5.69 Å². The van der Waals surface area contributed by atoms with E-state index >= 15 is 0 Å². The Labute approximate surface area is 151 Å². The van der Waals surface area contributed by atoms with E-state index < -0.39 is 0 Å². The molecule has 1 aromatic carbocycles. The Morgan fingerprint density at radius 3 is 3.04 bits per heavy atom. The number of benzene rings is 1. The highest BCUT2D eigenvalue weighted by Gasteiger charge is 2.30. The number of halogens is 1. The number of rotatable bonds is 4. The van der Waals surface area contributed by atoms with E-state index in [2.05, 4.69) is 16.3 Å². The van der Waals surface area contributed by atoms with Gasteiger partial charge in [-0.2, -0.15) is 10.4 Å². The van der Waals surface area contributed by atoms with Crippen LogP contribution in [0, 0.1) is 23.7 Å². The summed E-state index contributed by atoms with van der Waals surface area (Å²) in [5.41, 5.74) is 1.11. The normalized spacial score (nSPS) is 17.0. The Morgan fingerprint density at radius 1 is 1.48 bits per heavy atom. The van der Waals surface area contributed by atoms with Crippen molar-refractivity contribution < 1.29 is 4.79 Å². The second-order valence-corrected chi connectivity index (χ2v) is 6.15. The Bertz CT molecular complexity index is 876. The first-order chi connectivity index (χ1) is 12.1. The summed E-state index contributed by atoms with van der Waals surface area (Å²) >= 11 is 6.19. The van der Waals surface area contributed by atoms with Gasteiger partial charge < -0.3 is 5.32 Å². The fourth-order valence-electron chi connectivity index (χ4n) is 2.93. The number of nitrogens with one attached hydrogen (secondary N) is 1. The van der Waals surface area contributed by atoms with Gasteiger partial charge in [0.2, 0.25) is 5.91 Å². The van der Waals surface area contributed by atoms with E-state index in [-0.39, 0.29) is 11.9 Å². The van der Waals surface area contributed by atoms with Crippen LogP contribution >= 0.6 is 11.6 Å². The summed E-state index contributed by atoms with van der Waals surface area (Å²) in [6.45, 7) is 1.30. The molecule has 1 aromatic heterocycles. The van der Waals surface area contributed by atoms with E-state index in [0.29, 0.717) is 28.6 Å². The maximum absolute atomic E-state index is 12.5. The van der Waals surface area contributed by atoms with Gasteiger partial charge in [0.25, 0.3) is 0 Å². The molecule has 0 spiro atoms. The van der Waals surface area contributed by atoms with Crippen LogP contribution < -0.4 is 5.32 Å². The SMILES string of the molecule is C#CCN1CCC[C@H]1C(=O)Nc1ccn(-c2ccc(C#N)cc2Cl)n1. The van der Waals surface area contributed by atoms with Gasteiger partial charge in [0.15, 0.2) is 5.82 Å². The molecule has 7 heteroatoms. The summed E-state index contributed by atoms with van der Waals surface area (Å²) in [5.74, 6) is 2.92. The monoisotopic (exact) mass is 353 g/mol. The molecule has 2 aromatic rings. The van der Waals surface area contributed by atoms with Crippen molar-refractivity contribution in [3.63, 3.8) is 0 Å². The number of nitriles is 1. The third-order valence-electron chi connectivity index (χ3n) is 4.12. The summed E-state index contributed by atoms with van der Waals surface area (Å²) < 4.78 is 1.56. The van der Waals surface area contributed by atoms with Gasteiger partial charge in [0.05, 0.1) is 34.9 Å². The average Bonchev–Trinajstić information content (AvgIpc) is 3.24. The van der Waals surface area contributed by atoms with Crippen molar-refractivity contribution >= 4 is 23.3 Å². The molecule has 126 valence electrons. The quantitative estimate of drug-likeness (QED) is 0.857. The topological polar surface area (TPSA) is 74.0 Å². The molecule has 0 unspecified atom stereocenters. The molecular weight excluding hydrogens is 338 g/mol. The summed E-state index contributed by atoms with van der Waals surface area (Å²) in [4.78, 5) is 14.5. The van der Waals surface area contributed by atoms with E-state index in [1.165, 1.54) is 0 Å². The molecule has 2 heterocycles. The summed E-state index contributed by atoms with van der Waals surface area (Å²) in [7, 11) is 0. The van der Waals surface area contributed by atoms with Crippen LogP contribution in [0.3, 0.4) is 0 Å². The van der Waals surface area contributed by atoms with Crippen LogP contribution in [0.5, 0.6) is 0 Å². The Kier molecular flexibility index (Phi) is 5.04. The number of hydrogen-bond acceptors (Lipinski definition) is 4. The van der Waals surface area contributed by atoms with Crippen molar-refractivity contribution in [2.45, 2.75) is 18.9 Å². The molecule has 1 saturated heterocycles. The zero-order valence-corrected chi connectivity index (χ0v) is 14.2. The fourth-order valence-corrected chi connectivity index (χ4v) is 3.19. The molecule has 0 bridgehead atoms. The van der Waals surface area contributed by atoms with E-state index in [0.717, 1.165) is 19.4 Å². The first kappa shape index (κ1) is 17.0. The largest absolute Gasteiger partial charge is 0.308 e. The van der Waals surface area contributed by atoms with Crippen molar-refractivity contribution in [1.82, 2.24) is 14.7 Å². The molecule has 25 heavy (non-hydrogen) atoms. The molecule has 1 aliphatic rings. The first-order valence-electron chi connectivity index (χ1n) is 7.86. The number of terminal acetylenes is 1. The molecule has 0 radical (unpaired) electrons. The second-order valence-electron chi connectivity index (χ2n) is 5.75. The van der Waals surface area contributed by atoms with Crippen LogP contribution in [0.4, 0.5) is 5.82 Å². The molecule has 1 N–H and O–H groups in total. The van der Waals surface area contributed by atoms with E-state index in [4.69, 9.17) is 23.3 Å². The van der Waals surface area contributed by atoms with Gasteiger partial charge in [0, 0.05) is 12.3 Å². The lowest BCUT2D eigenvalue weighted by Gasteiger charge is -2.20. The standard InChI is InChI=1S/C18H16ClN5O/c1-2-8-23-9-3-4-16(23)18(25)21-17-7-10-24(22-17)15-6-5-13(12-20)11-14(15)19/h1,5-7,10-11,16H,3-4,8-9H2,(H,21,22,25)/t16-/m0/s1. The lowest BCUT2D eigenvalue weighted by Crippen LogP contribution is -2.39. The van der Waals surface area contributed by atoms with Crippen molar-refractivity contribution in [3.8, 4) is 24.1 Å². The van der Waals surface area contributed by atoms with Crippen LogP contribution in [0.2, 0.25) is 5.02 Å². The van der Waals surface area contributed by atoms with Crippen LogP contribution in [0.1, 0.15) is 18.4 Å². The van der Waals surface area contributed by atoms with Crippen molar-refractivity contribution in [3.05, 3.63) is 41.0 Å². The molecule has 1 amide bonds. The summed E-state index contributed by atoms with van der Waals surface area (Å²) in [5, 5.41) is 16.5. The number of nitrogens with zero attached hydrogens (tertiary/aromatic N) is 4. The van der Waals surface area contributed by atoms with Gasteiger partial charge in [0.1, 0.15) is 0 Å². The van der Waals surface area contributed by atoms with Crippen LogP contribution in [-0.4, -0.2) is 39.7 Å². The number of aromatic nitrogens is 2. The third kappa shape index (κ3) is 3.66. The highest BCUT2D eigenvalue weighted by molar-refractivity contribution is 6.32. The Balaban J connectivity index is 1.73. The van der Waals surface area contributed by atoms with Gasteiger partial charge in [-0.05, 0) is 37.6 Å². The van der Waals surface area contributed by atoms with Crippen molar-refractivity contribution in [1.29, 1.82) is 5.26 Å². The van der Waals surface area contributed by atoms with Gasteiger partial charge in [-0.3, -0.25) is 9.69 Å². The maximum Gasteiger partial charge on any atom is 0.242 e. The van der Waals surface area contributed by atoms with E-state index in [1.807, 2.05) is 11.0 Å². The molecular formula is C18H16ClN5O. The lowest BCUT2D eigenvalue weighted by atomic mass is 10.2. The zero-order valence-electron chi connectivity index (χ0n) is 13.4. The summed E-state index contributed by atoms with van der Waals surface area (Å²) in [6, 6.07) is 8.47. The highest BCUT2D eigenvalue weighted by atomic mass is 35.5. The van der Waals surface area contributed by atoms with Gasteiger partial charge in [-0.25, -0.2) is 4.68 Å². The van der Waals surface area contributed by atoms with Crippen molar-refractivity contribution in [2.75, 3.05) is 18.4 Å². The van der Waals surface area contributed by atoms with Crippen LogP contribution in [0.15, 0.2) is 30.5 Å².